The summed E-state index contributed by atoms with van der Waals surface area (Å²) in [5.41, 5.74) is 4.97. The molecule has 0 aliphatic carbocycles. The number of nitrogens with zero attached hydrogens (tertiary/aromatic N) is 1. The van der Waals surface area contributed by atoms with Crippen molar-refractivity contribution in [3.8, 4) is 0 Å². The van der Waals surface area contributed by atoms with E-state index in [1.807, 2.05) is 18.2 Å². The van der Waals surface area contributed by atoms with Gasteiger partial charge in [-0.1, -0.05) is 24.6 Å². The second-order valence-corrected chi connectivity index (χ2v) is 5.39. The van der Waals surface area contributed by atoms with E-state index in [0.29, 0.717) is 0 Å². The Hall–Kier alpha value is -0.940. The molecule has 1 unspecified atom stereocenters. The first-order valence-corrected chi connectivity index (χ1v) is 6.60. The second kappa shape index (κ2) is 5.60. The van der Waals surface area contributed by atoms with Gasteiger partial charge < -0.3 is 0 Å². The molecule has 0 aliphatic rings. The van der Waals surface area contributed by atoms with Crippen molar-refractivity contribution in [2.24, 2.45) is 5.84 Å². The Balaban J connectivity index is 2.41. The van der Waals surface area contributed by atoms with Gasteiger partial charge in [0.15, 0.2) is 0 Å². The van der Waals surface area contributed by atoms with Crippen molar-refractivity contribution in [3.63, 3.8) is 0 Å². The van der Waals surface area contributed by atoms with Crippen molar-refractivity contribution >= 4 is 22.9 Å². The topological polar surface area (TPSA) is 50.9 Å². The van der Waals surface area contributed by atoms with E-state index in [-0.39, 0.29) is 6.04 Å². The molecule has 3 nitrogen and oxygen atoms in total. The smallest absolute Gasteiger partial charge is 0.0976 e. The molecule has 2 aromatic heterocycles. The fourth-order valence-corrected chi connectivity index (χ4v) is 2.91. The molecule has 1 atom stereocenters. The number of aryl methyl sites for hydroxylation is 1. The Labute approximate surface area is 110 Å². The van der Waals surface area contributed by atoms with Crippen LogP contribution < -0.4 is 11.3 Å². The predicted octanol–water partition coefficient (Wildman–Crippen LogP) is 2.91. The van der Waals surface area contributed by atoms with E-state index in [0.717, 1.165) is 21.3 Å². The number of hydrogen-bond acceptors (Lipinski definition) is 4. The summed E-state index contributed by atoms with van der Waals surface area (Å²) >= 11 is 7.47. The van der Waals surface area contributed by atoms with E-state index in [9.17, 15) is 0 Å². The average molecular weight is 268 g/mol. The van der Waals surface area contributed by atoms with Crippen LogP contribution in [0.25, 0.3) is 0 Å². The second-order valence-electron chi connectivity index (χ2n) is 3.64. The number of halogens is 1. The minimum Gasteiger partial charge on any atom is -0.270 e. The maximum absolute atomic E-state index is 5.95. The fraction of sp³-hybridized carbons (Fsp3) is 0.250. The Morgan fingerprint density at radius 1 is 1.47 bits per heavy atom. The molecule has 0 aromatic carbocycles. The SMILES string of the molecule is CCc1cccnc1C(NN)c1ccc(Cl)s1. The predicted molar refractivity (Wildman–Crippen MR) is 72.1 cm³/mol. The van der Waals surface area contributed by atoms with Gasteiger partial charge in [0.05, 0.1) is 16.1 Å². The van der Waals surface area contributed by atoms with Crippen LogP contribution in [0.1, 0.15) is 29.1 Å². The van der Waals surface area contributed by atoms with Gasteiger partial charge in [-0.3, -0.25) is 10.8 Å². The quantitative estimate of drug-likeness (QED) is 0.662. The zero-order valence-electron chi connectivity index (χ0n) is 9.48. The number of nitrogens with two attached hydrogens (primary N) is 1. The molecular weight excluding hydrogens is 254 g/mol. The molecule has 2 rings (SSSR count). The first-order chi connectivity index (χ1) is 8.26. The van der Waals surface area contributed by atoms with Gasteiger partial charge in [-0.25, -0.2) is 5.43 Å². The number of aromatic nitrogens is 1. The maximum Gasteiger partial charge on any atom is 0.0976 e. The Morgan fingerprint density at radius 3 is 2.88 bits per heavy atom. The van der Waals surface area contributed by atoms with Crippen LogP contribution in [0.4, 0.5) is 0 Å². The Morgan fingerprint density at radius 2 is 2.29 bits per heavy atom. The Bertz CT molecular complexity index is 498. The highest BCUT2D eigenvalue weighted by molar-refractivity contribution is 7.16. The molecule has 0 radical (unpaired) electrons. The number of hydrogen-bond donors (Lipinski definition) is 2. The van der Waals surface area contributed by atoms with Crippen LogP contribution in [-0.2, 0) is 6.42 Å². The Kier molecular flexibility index (Phi) is 4.12. The number of thiophene rings is 1. The van der Waals surface area contributed by atoms with Crippen LogP contribution in [0.5, 0.6) is 0 Å². The van der Waals surface area contributed by atoms with Gasteiger partial charge in [-0.2, -0.15) is 0 Å². The molecule has 0 saturated carbocycles. The zero-order chi connectivity index (χ0) is 12.3. The molecule has 2 aromatic rings. The summed E-state index contributed by atoms with van der Waals surface area (Å²) in [4.78, 5) is 5.50. The van der Waals surface area contributed by atoms with Gasteiger partial charge in [-0.15, -0.1) is 11.3 Å². The first kappa shape index (κ1) is 12.5. The minimum atomic E-state index is -0.0938. The number of rotatable bonds is 4. The van der Waals surface area contributed by atoms with E-state index in [4.69, 9.17) is 17.4 Å². The molecule has 0 bridgehead atoms. The molecule has 17 heavy (non-hydrogen) atoms. The molecular formula is C12H14ClN3S. The fourth-order valence-electron chi connectivity index (χ4n) is 1.79. The molecule has 5 heteroatoms. The molecule has 2 heterocycles. The van der Waals surface area contributed by atoms with Crippen molar-refractivity contribution in [2.75, 3.05) is 0 Å². The lowest BCUT2D eigenvalue weighted by Gasteiger charge is -2.16. The highest BCUT2D eigenvalue weighted by atomic mass is 35.5. The minimum absolute atomic E-state index is 0.0938. The summed E-state index contributed by atoms with van der Waals surface area (Å²) in [6, 6.07) is 7.77. The molecule has 0 spiro atoms. The van der Waals surface area contributed by atoms with Gasteiger partial charge in [-0.05, 0) is 30.2 Å². The van der Waals surface area contributed by atoms with Gasteiger partial charge >= 0.3 is 0 Å². The van der Waals surface area contributed by atoms with Crippen molar-refractivity contribution < 1.29 is 0 Å². The first-order valence-electron chi connectivity index (χ1n) is 5.41. The lowest BCUT2D eigenvalue weighted by atomic mass is 10.0. The van der Waals surface area contributed by atoms with E-state index in [1.165, 1.54) is 16.9 Å². The monoisotopic (exact) mass is 267 g/mol. The van der Waals surface area contributed by atoms with E-state index in [2.05, 4.69) is 23.4 Å². The van der Waals surface area contributed by atoms with Crippen molar-refractivity contribution in [1.29, 1.82) is 0 Å². The van der Waals surface area contributed by atoms with Crippen molar-refractivity contribution in [2.45, 2.75) is 19.4 Å². The third-order valence-corrected chi connectivity index (χ3v) is 3.92. The highest BCUT2D eigenvalue weighted by Crippen LogP contribution is 2.31. The van der Waals surface area contributed by atoms with Crippen molar-refractivity contribution in [1.82, 2.24) is 10.4 Å². The standard InChI is InChI=1S/C12H14ClN3S/c1-2-8-4-3-7-15-11(8)12(16-14)9-5-6-10(13)17-9/h3-7,12,16H,2,14H2,1H3. The van der Waals surface area contributed by atoms with Crippen LogP contribution in [-0.4, -0.2) is 4.98 Å². The summed E-state index contributed by atoms with van der Waals surface area (Å²) in [7, 11) is 0. The van der Waals surface area contributed by atoms with Gasteiger partial charge in [0.2, 0.25) is 0 Å². The summed E-state index contributed by atoms with van der Waals surface area (Å²) in [6.45, 7) is 2.11. The largest absolute Gasteiger partial charge is 0.270 e. The maximum atomic E-state index is 5.95. The van der Waals surface area contributed by atoms with Crippen LogP contribution in [0.3, 0.4) is 0 Å². The lowest BCUT2D eigenvalue weighted by molar-refractivity contribution is 0.623. The van der Waals surface area contributed by atoms with E-state index in [1.54, 1.807) is 6.20 Å². The molecule has 90 valence electrons. The van der Waals surface area contributed by atoms with Crippen LogP contribution in [0.15, 0.2) is 30.5 Å². The van der Waals surface area contributed by atoms with Crippen molar-refractivity contribution in [3.05, 3.63) is 50.9 Å². The van der Waals surface area contributed by atoms with E-state index >= 15 is 0 Å². The summed E-state index contributed by atoms with van der Waals surface area (Å²) < 4.78 is 0.759. The summed E-state index contributed by atoms with van der Waals surface area (Å²) in [5, 5.41) is 0. The highest BCUT2D eigenvalue weighted by Gasteiger charge is 2.18. The van der Waals surface area contributed by atoms with Gasteiger partial charge in [0, 0.05) is 11.1 Å². The molecule has 3 N–H and O–H groups in total. The van der Waals surface area contributed by atoms with Gasteiger partial charge in [0.1, 0.15) is 0 Å². The summed E-state index contributed by atoms with van der Waals surface area (Å²) in [6.07, 6.45) is 2.72. The third-order valence-electron chi connectivity index (χ3n) is 2.63. The van der Waals surface area contributed by atoms with Gasteiger partial charge in [0.25, 0.3) is 0 Å². The van der Waals surface area contributed by atoms with Crippen LogP contribution in [0.2, 0.25) is 4.34 Å². The van der Waals surface area contributed by atoms with E-state index < -0.39 is 0 Å². The molecule has 0 amide bonds. The normalized spacial score (nSPS) is 12.6. The van der Waals surface area contributed by atoms with Crippen LogP contribution in [0, 0.1) is 0 Å². The number of hydrazine groups is 1. The molecule has 0 aliphatic heterocycles. The third kappa shape index (κ3) is 2.66. The lowest BCUT2D eigenvalue weighted by Crippen LogP contribution is -2.29. The zero-order valence-corrected chi connectivity index (χ0v) is 11.1. The molecule has 0 fully saturated rings. The average Bonchev–Trinajstić information content (AvgIpc) is 2.77. The number of pyridine rings is 1. The van der Waals surface area contributed by atoms with Crippen LogP contribution >= 0.6 is 22.9 Å². The number of nitrogens with one attached hydrogen (secondary N) is 1. The summed E-state index contributed by atoms with van der Waals surface area (Å²) in [5.74, 6) is 5.64. The molecule has 0 saturated heterocycles.